The van der Waals surface area contributed by atoms with Gasteiger partial charge in [-0.25, -0.2) is 0 Å². The number of rotatable bonds is 0. The molecule has 0 bridgehead atoms. The fourth-order valence-corrected chi connectivity index (χ4v) is 5.27. The van der Waals surface area contributed by atoms with E-state index in [4.69, 9.17) is 0 Å². The van der Waals surface area contributed by atoms with Crippen LogP contribution in [0.15, 0.2) is 11.6 Å². The molecular formula is C18H30O. The smallest absolute Gasteiger partial charge is 0.0724 e. The lowest BCUT2D eigenvalue weighted by molar-refractivity contribution is 0.112. The van der Waals surface area contributed by atoms with Gasteiger partial charge in [0, 0.05) is 0 Å². The van der Waals surface area contributed by atoms with Crippen LogP contribution in [0.4, 0.5) is 0 Å². The van der Waals surface area contributed by atoms with E-state index >= 15 is 0 Å². The zero-order chi connectivity index (χ0) is 14.1. The summed E-state index contributed by atoms with van der Waals surface area (Å²) in [6.45, 7) is 12.3. The summed E-state index contributed by atoms with van der Waals surface area (Å²) in [6.07, 6.45) is 8.08. The van der Waals surface area contributed by atoms with Crippen molar-refractivity contribution in [3.8, 4) is 0 Å². The number of aliphatic hydroxyl groups excluding tert-OH is 1. The van der Waals surface area contributed by atoms with Gasteiger partial charge in [-0.15, -0.1) is 0 Å². The Kier molecular flexibility index (Phi) is 2.79. The molecule has 0 aliphatic heterocycles. The van der Waals surface area contributed by atoms with Crippen molar-refractivity contribution in [1.82, 2.24) is 0 Å². The average molecular weight is 262 g/mol. The Balaban J connectivity index is 2.00. The summed E-state index contributed by atoms with van der Waals surface area (Å²) >= 11 is 0. The van der Waals surface area contributed by atoms with E-state index in [1.165, 1.54) is 25.7 Å². The number of allylic oxidation sites excluding steroid dienone is 1. The van der Waals surface area contributed by atoms with Gasteiger partial charge in [0.05, 0.1) is 6.10 Å². The molecule has 2 fully saturated rings. The second kappa shape index (κ2) is 3.87. The van der Waals surface area contributed by atoms with Crippen LogP contribution in [0, 0.1) is 28.1 Å². The van der Waals surface area contributed by atoms with E-state index in [0.717, 1.165) is 18.3 Å². The van der Waals surface area contributed by atoms with Gasteiger partial charge in [0.1, 0.15) is 0 Å². The van der Waals surface area contributed by atoms with Gasteiger partial charge < -0.3 is 5.11 Å². The predicted octanol–water partition coefficient (Wildman–Crippen LogP) is 4.56. The van der Waals surface area contributed by atoms with E-state index in [1.54, 1.807) is 5.57 Å². The summed E-state index contributed by atoms with van der Waals surface area (Å²) in [5, 5.41) is 10.0. The second-order valence-corrected chi connectivity index (χ2v) is 8.39. The molecule has 3 aliphatic carbocycles. The van der Waals surface area contributed by atoms with Crippen molar-refractivity contribution in [3.05, 3.63) is 11.6 Å². The van der Waals surface area contributed by atoms with Crippen LogP contribution in [0.3, 0.4) is 0 Å². The molecule has 0 amide bonds. The maximum atomic E-state index is 10.0. The maximum Gasteiger partial charge on any atom is 0.0724 e. The van der Waals surface area contributed by atoms with Crippen LogP contribution in [0.2, 0.25) is 0 Å². The minimum Gasteiger partial charge on any atom is -0.389 e. The molecule has 0 heterocycles. The van der Waals surface area contributed by atoms with Crippen molar-refractivity contribution in [2.75, 3.05) is 0 Å². The molecule has 0 radical (unpaired) electrons. The lowest BCUT2D eigenvalue weighted by Gasteiger charge is -2.45. The molecule has 0 aromatic carbocycles. The third kappa shape index (κ3) is 1.63. The minimum absolute atomic E-state index is 0.196. The predicted molar refractivity (Wildman–Crippen MR) is 79.8 cm³/mol. The normalized spacial score (nSPS) is 57.4. The van der Waals surface area contributed by atoms with E-state index in [0.29, 0.717) is 16.2 Å². The Bertz CT molecular complexity index is 425. The van der Waals surface area contributed by atoms with Crippen molar-refractivity contribution in [2.24, 2.45) is 28.1 Å². The zero-order valence-corrected chi connectivity index (χ0v) is 13.3. The summed E-state index contributed by atoms with van der Waals surface area (Å²) in [5.74, 6) is 1.58. The fraction of sp³-hybridized carbons (Fsp3) is 0.889. The Labute approximate surface area is 118 Å². The molecule has 0 saturated heterocycles. The molecule has 19 heavy (non-hydrogen) atoms. The van der Waals surface area contributed by atoms with Gasteiger partial charge in [0.15, 0.2) is 0 Å². The quantitative estimate of drug-likeness (QED) is 0.635. The van der Waals surface area contributed by atoms with Crippen molar-refractivity contribution in [2.45, 2.75) is 72.8 Å². The Hall–Kier alpha value is -0.300. The Morgan fingerprint density at radius 2 is 1.74 bits per heavy atom. The molecule has 6 atom stereocenters. The summed E-state index contributed by atoms with van der Waals surface area (Å²) in [7, 11) is 0. The van der Waals surface area contributed by atoms with E-state index in [-0.39, 0.29) is 6.10 Å². The molecule has 3 rings (SSSR count). The fourth-order valence-electron chi connectivity index (χ4n) is 5.27. The van der Waals surface area contributed by atoms with E-state index in [2.05, 4.69) is 40.7 Å². The monoisotopic (exact) mass is 262 g/mol. The average Bonchev–Trinajstić information content (AvgIpc) is 2.76. The van der Waals surface area contributed by atoms with Gasteiger partial charge in [0.25, 0.3) is 0 Å². The topological polar surface area (TPSA) is 20.2 Å². The SMILES string of the molecule is CC1CC[C@@]2(C)C(C)C2(C)CC2=CC(O)CC[C@@]21C. The van der Waals surface area contributed by atoms with Crippen LogP contribution in [0.5, 0.6) is 0 Å². The van der Waals surface area contributed by atoms with Crippen molar-refractivity contribution in [3.63, 3.8) is 0 Å². The standard InChI is InChI=1S/C18H30O/c1-12-6-9-17(4)13(2)18(17,5)11-14-10-15(19)7-8-16(12,14)3/h10,12-13,15,19H,6-9,11H2,1-5H3/t12?,13?,15?,16-,17+,18?/m1/s1. The molecular weight excluding hydrogens is 232 g/mol. The second-order valence-electron chi connectivity index (χ2n) is 8.39. The largest absolute Gasteiger partial charge is 0.389 e. The van der Waals surface area contributed by atoms with Gasteiger partial charge in [-0.05, 0) is 60.2 Å². The summed E-state index contributed by atoms with van der Waals surface area (Å²) in [6, 6.07) is 0. The lowest BCUT2D eigenvalue weighted by atomic mass is 9.60. The minimum atomic E-state index is -0.196. The van der Waals surface area contributed by atoms with E-state index in [9.17, 15) is 5.11 Å². The third-order valence-electron chi connectivity index (χ3n) is 7.96. The van der Waals surface area contributed by atoms with Crippen molar-refractivity contribution in [1.29, 1.82) is 0 Å². The number of aliphatic hydroxyl groups is 1. The first-order chi connectivity index (χ1) is 8.74. The van der Waals surface area contributed by atoms with Crippen LogP contribution in [-0.4, -0.2) is 11.2 Å². The van der Waals surface area contributed by atoms with E-state index < -0.39 is 0 Å². The molecule has 0 spiro atoms. The number of hydrogen-bond donors (Lipinski definition) is 1. The first-order valence-corrected chi connectivity index (χ1v) is 8.13. The molecule has 3 aliphatic rings. The highest BCUT2D eigenvalue weighted by Crippen LogP contribution is 2.75. The molecule has 108 valence electrons. The molecule has 4 unspecified atom stereocenters. The number of hydrogen-bond acceptors (Lipinski definition) is 1. The molecule has 1 heteroatoms. The van der Waals surface area contributed by atoms with Crippen LogP contribution in [0.1, 0.15) is 66.7 Å². The molecule has 2 saturated carbocycles. The number of fused-ring (bicyclic) bond motifs is 2. The van der Waals surface area contributed by atoms with Crippen molar-refractivity contribution < 1.29 is 5.11 Å². The molecule has 1 N–H and O–H groups in total. The maximum absolute atomic E-state index is 10.0. The van der Waals surface area contributed by atoms with E-state index in [1.807, 2.05) is 0 Å². The van der Waals surface area contributed by atoms with Crippen LogP contribution in [-0.2, 0) is 0 Å². The van der Waals surface area contributed by atoms with Crippen LogP contribution >= 0.6 is 0 Å². The van der Waals surface area contributed by atoms with Crippen LogP contribution < -0.4 is 0 Å². The summed E-state index contributed by atoms with van der Waals surface area (Å²) < 4.78 is 0. The molecule has 0 aromatic heterocycles. The van der Waals surface area contributed by atoms with Crippen molar-refractivity contribution >= 4 is 0 Å². The van der Waals surface area contributed by atoms with Gasteiger partial charge >= 0.3 is 0 Å². The highest BCUT2D eigenvalue weighted by Gasteiger charge is 2.68. The molecule has 0 aromatic rings. The Morgan fingerprint density at radius 1 is 1.05 bits per heavy atom. The van der Waals surface area contributed by atoms with Gasteiger partial charge in [-0.3, -0.25) is 0 Å². The summed E-state index contributed by atoms with van der Waals surface area (Å²) in [5.41, 5.74) is 2.91. The highest BCUT2D eigenvalue weighted by atomic mass is 16.3. The summed E-state index contributed by atoms with van der Waals surface area (Å²) in [4.78, 5) is 0. The third-order valence-corrected chi connectivity index (χ3v) is 7.96. The lowest BCUT2D eigenvalue weighted by Crippen LogP contribution is -2.36. The van der Waals surface area contributed by atoms with Gasteiger partial charge in [-0.1, -0.05) is 46.3 Å². The van der Waals surface area contributed by atoms with Crippen LogP contribution in [0.25, 0.3) is 0 Å². The highest BCUT2D eigenvalue weighted by molar-refractivity contribution is 5.29. The Morgan fingerprint density at radius 3 is 2.42 bits per heavy atom. The first kappa shape index (κ1) is 13.7. The zero-order valence-electron chi connectivity index (χ0n) is 13.3. The first-order valence-electron chi connectivity index (χ1n) is 8.13. The molecule has 1 nitrogen and oxygen atoms in total. The van der Waals surface area contributed by atoms with Gasteiger partial charge in [0.2, 0.25) is 0 Å². The van der Waals surface area contributed by atoms with Gasteiger partial charge in [-0.2, -0.15) is 0 Å².